The molecule has 0 N–H and O–H groups in total. The predicted molar refractivity (Wildman–Crippen MR) is 44.4 cm³/mol. The molecule has 1 aliphatic heterocycles. The molecule has 0 spiro atoms. The monoisotopic (exact) mass is 233 g/mol. The van der Waals surface area contributed by atoms with Gasteiger partial charge in [0, 0.05) is 5.92 Å². The van der Waals surface area contributed by atoms with Crippen LogP contribution in [-0.2, 0) is 0 Å². The van der Waals surface area contributed by atoms with Gasteiger partial charge in [-0.1, -0.05) is 0 Å². The number of halogens is 1. The lowest BCUT2D eigenvalue weighted by atomic mass is 10.2. The van der Waals surface area contributed by atoms with E-state index in [2.05, 4.69) is 33.1 Å². The predicted octanol–water partition coefficient (Wildman–Crippen LogP) is 1.65. The van der Waals surface area contributed by atoms with Gasteiger partial charge < -0.3 is 0 Å². The zero-order valence-corrected chi connectivity index (χ0v) is 7.00. The molecule has 2 aliphatic rings. The van der Waals surface area contributed by atoms with Crippen LogP contribution in [0.15, 0.2) is 14.9 Å². The number of hydrogen-bond donors (Lipinski definition) is 0. The first-order valence-electron chi connectivity index (χ1n) is 3.01. The zero-order valence-electron chi connectivity index (χ0n) is 4.84. The Balaban J connectivity index is 2.18. The molecule has 0 atom stereocenters. The third-order valence-corrected chi connectivity index (χ3v) is 2.38. The third-order valence-electron chi connectivity index (χ3n) is 1.55. The van der Waals surface area contributed by atoms with Crippen molar-refractivity contribution in [1.29, 1.82) is 0 Å². The van der Waals surface area contributed by atoms with Gasteiger partial charge >= 0.3 is 0 Å². The largest absolute Gasteiger partial charge is 0.158 e. The summed E-state index contributed by atoms with van der Waals surface area (Å²) >= 11 is 2.29. The Morgan fingerprint density at radius 2 is 2.33 bits per heavy atom. The minimum Gasteiger partial charge on any atom is -0.158 e. The van der Waals surface area contributed by atoms with Crippen molar-refractivity contribution in [2.24, 2.45) is 11.0 Å². The molecular formula is C6H6IN2. The molecule has 2 nitrogen and oxygen atoms in total. The molecule has 9 heavy (non-hydrogen) atoms. The van der Waals surface area contributed by atoms with Gasteiger partial charge in [-0.15, -0.1) is 0 Å². The molecule has 1 saturated carbocycles. The van der Waals surface area contributed by atoms with E-state index >= 15 is 0 Å². The minimum absolute atomic E-state index is 0.749. The van der Waals surface area contributed by atoms with Crippen molar-refractivity contribution in [3.63, 3.8) is 0 Å². The summed E-state index contributed by atoms with van der Waals surface area (Å²) in [6.07, 6.45) is 4.46. The smallest absolute Gasteiger partial charge is 0.0810 e. The third kappa shape index (κ3) is 0.976. The topological polar surface area (TPSA) is 26.5 Å². The van der Waals surface area contributed by atoms with Gasteiger partial charge in [0.1, 0.15) is 0 Å². The summed E-state index contributed by atoms with van der Waals surface area (Å²) < 4.78 is 1.23. The van der Waals surface area contributed by atoms with Gasteiger partial charge in [0.2, 0.25) is 0 Å². The van der Waals surface area contributed by atoms with Crippen LogP contribution in [0.4, 0.5) is 0 Å². The first-order valence-corrected chi connectivity index (χ1v) is 4.09. The Kier molecular flexibility index (Phi) is 1.25. The summed E-state index contributed by atoms with van der Waals surface area (Å²) in [4.78, 5) is 0. The van der Waals surface area contributed by atoms with E-state index in [1.807, 2.05) is 6.20 Å². The normalized spacial score (nSPS) is 25.0. The maximum atomic E-state index is 4.02. The van der Waals surface area contributed by atoms with Crippen LogP contribution in [0.5, 0.6) is 0 Å². The van der Waals surface area contributed by atoms with Crippen molar-refractivity contribution < 1.29 is 0 Å². The quantitative estimate of drug-likeness (QED) is 0.615. The van der Waals surface area contributed by atoms with E-state index in [0.717, 1.165) is 5.92 Å². The summed E-state index contributed by atoms with van der Waals surface area (Å²) in [5.41, 5.74) is 5.04. The molecule has 0 aromatic heterocycles. The average Bonchev–Trinajstić information content (AvgIpc) is 2.58. The second-order valence-corrected chi connectivity index (χ2v) is 3.51. The average molecular weight is 233 g/mol. The summed E-state index contributed by atoms with van der Waals surface area (Å²) in [5, 5.41) is 4.02. The Morgan fingerprint density at radius 3 is 2.78 bits per heavy atom. The van der Waals surface area contributed by atoms with E-state index in [4.69, 9.17) is 0 Å². The fourth-order valence-corrected chi connectivity index (χ4v) is 1.56. The van der Waals surface area contributed by atoms with Crippen LogP contribution >= 0.6 is 22.6 Å². The molecule has 1 fully saturated rings. The molecule has 0 saturated heterocycles. The zero-order chi connectivity index (χ0) is 6.27. The molecule has 0 bridgehead atoms. The summed E-state index contributed by atoms with van der Waals surface area (Å²) in [6, 6.07) is 0. The number of allylic oxidation sites excluding steroid dienone is 1. The van der Waals surface area contributed by atoms with Crippen LogP contribution in [0.1, 0.15) is 12.8 Å². The van der Waals surface area contributed by atoms with Crippen molar-refractivity contribution in [3.8, 4) is 0 Å². The molecule has 0 aromatic rings. The lowest BCUT2D eigenvalue weighted by Crippen LogP contribution is -1.96. The highest BCUT2D eigenvalue weighted by molar-refractivity contribution is 14.1. The first kappa shape index (κ1) is 5.70. The van der Waals surface area contributed by atoms with E-state index in [-0.39, 0.29) is 0 Å². The highest BCUT2D eigenvalue weighted by atomic mass is 127. The van der Waals surface area contributed by atoms with Gasteiger partial charge in [-0.3, -0.25) is 0 Å². The van der Waals surface area contributed by atoms with Gasteiger partial charge in [-0.05, 0) is 35.4 Å². The maximum Gasteiger partial charge on any atom is 0.0810 e. The Morgan fingerprint density at radius 1 is 1.56 bits per heavy atom. The standard InChI is InChI=1S/C6H6IN2/c7-5-3-8-9-6(5)4-1-2-4/h3-4H,1-2H2. The van der Waals surface area contributed by atoms with Crippen LogP contribution in [0.25, 0.3) is 0 Å². The van der Waals surface area contributed by atoms with Crippen LogP contribution < -0.4 is 5.43 Å². The molecule has 0 amide bonds. The fourth-order valence-electron chi connectivity index (χ4n) is 0.889. The number of rotatable bonds is 1. The van der Waals surface area contributed by atoms with E-state index in [1.54, 1.807) is 0 Å². The minimum atomic E-state index is 0.749. The van der Waals surface area contributed by atoms with Crippen molar-refractivity contribution in [1.82, 2.24) is 5.43 Å². The van der Waals surface area contributed by atoms with E-state index in [1.165, 1.54) is 22.1 Å². The van der Waals surface area contributed by atoms with Crippen LogP contribution in [0, 0.1) is 5.92 Å². The molecule has 1 heterocycles. The van der Waals surface area contributed by atoms with E-state index in [9.17, 15) is 0 Å². The molecule has 47 valence electrons. The molecule has 1 radical (unpaired) electrons. The lowest BCUT2D eigenvalue weighted by Gasteiger charge is -1.90. The number of nitrogens with zero attached hydrogens (tertiary/aromatic N) is 2. The SMILES string of the molecule is IC1=C[N]N=C1C1CC1. The molecule has 3 heteroatoms. The van der Waals surface area contributed by atoms with Crippen molar-refractivity contribution in [2.75, 3.05) is 0 Å². The van der Waals surface area contributed by atoms with Crippen molar-refractivity contribution >= 4 is 28.3 Å². The van der Waals surface area contributed by atoms with Gasteiger partial charge in [0.25, 0.3) is 0 Å². The second-order valence-electron chi connectivity index (χ2n) is 2.35. The highest BCUT2D eigenvalue weighted by Crippen LogP contribution is 2.36. The summed E-state index contributed by atoms with van der Waals surface area (Å²) in [6.45, 7) is 0. The van der Waals surface area contributed by atoms with Crippen LogP contribution in [0.2, 0.25) is 0 Å². The highest BCUT2D eigenvalue weighted by Gasteiger charge is 2.30. The Bertz CT molecular complexity index is 191. The Labute approximate surface area is 67.5 Å². The molecule has 0 aromatic carbocycles. The van der Waals surface area contributed by atoms with Gasteiger partial charge in [-0.2, -0.15) is 10.5 Å². The molecular weight excluding hydrogens is 227 g/mol. The van der Waals surface area contributed by atoms with Crippen LogP contribution in [-0.4, -0.2) is 5.71 Å². The van der Waals surface area contributed by atoms with Crippen molar-refractivity contribution in [2.45, 2.75) is 12.8 Å². The Hall–Kier alpha value is -0.0600. The maximum absolute atomic E-state index is 4.02. The summed E-state index contributed by atoms with van der Waals surface area (Å²) in [7, 11) is 0. The van der Waals surface area contributed by atoms with Crippen LogP contribution in [0.3, 0.4) is 0 Å². The van der Waals surface area contributed by atoms with E-state index < -0.39 is 0 Å². The van der Waals surface area contributed by atoms with Gasteiger partial charge in [-0.25, -0.2) is 0 Å². The van der Waals surface area contributed by atoms with Gasteiger partial charge in [0.15, 0.2) is 0 Å². The molecule has 2 rings (SSSR count). The second kappa shape index (κ2) is 1.97. The molecule has 1 aliphatic carbocycles. The van der Waals surface area contributed by atoms with E-state index in [0.29, 0.717) is 0 Å². The van der Waals surface area contributed by atoms with Crippen molar-refractivity contribution in [3.05, 3.63) is 9.78 Å². The number of hydrogen-bond acceptors (Lipinski definition) is 1. The fraction of sp³-hybridized carbons (Fsp3) is 0.500. The first-order chi connectivity index (χ1) is 4.38. The summed E-state index contributed by atoms with van der Waals surface area (Å²) in [5.74, 6) is 0.749. The van der Waals surface area contributed by atoms with Gasteiger partial charge in [0.05, 0.1) is 15.5 Å². The molecule has 0 unspecified atom stereocenters. The lowest BCUT2D eigenvalue weighted by molar-refractivity contribution is 0.958.